The molecule has 74 valence electrons. The minimum Gasteiger partial charge on any atom is -0.313 e. The molecule has 0 aromatic rings. The molecule has 0 saturated carbocycles. The van der Waals surface area contributed by atoms with Gasteiger partial charge in [-0.15, -0.1) is 0 Å². The third-order valence-electron chi connectivity index (χ3n) is 2.85. The van der Waals surface area contributed by atoms with Crippen LogP contribution in [0.25, 0.3) is 0 Å². The van der Waals surface area contributed by atoms with E-state index in [1.807, 2.05) is 0 Å². The van der Waals surface area contributed by atoms with Crippen molar-refractivity contribution in [2.24, 2.45) is 0 Å². The van der Waals surface area contributed by atoms with Crippen molar-refractivity contribution in [1.29, 1.82) is 5.26 Å². The topological polar surface area (TPSA) is 39.1 Å². The van der Waals surface area contributed by atoms with E-state index in [-0.39, 0.29) is 6.04 Å². The molecule has 1 N–H and O–H groups in total. The van der Waals surface area contributed by atoms with Crippen LogP contribution in [0.15, 0.2) is 0 Å². The highest BCUT2D eigenvalue weighted by molar-refractivity contribution is 4.98. The van der Waals surface area contributed by atoms with Gasteiger partial charge in [-0.05, 0) is 12.8 Å². The summed E-state index contributed by atoms with van der Waals surface area (Å²) in [6.07, 6.45) is 2.30. The maximum atomic E-state index is 8.97. The minimum atomic E-state index is 0.0821. The Kier molecular flexibility index (Phi) is 4.20. The zero-order valence-corrected chi connectivity index (χ0v) is 8.58. The Morgan fingerprint density at radius 1 is 1.54 bits per heavy atom. The molecule has 13 heavy (non-hydrogen) atoms. The van der Waals surface area contributed by atoms with E-state index >= 15 is 0 Å². The zero-order valence-electron chi connectivity index (χ0n) is 8.58. The van der Waals surface area contributed by atoms with E-state index in [1.165, 1.54) is 0 Å². The summed E-state index contributed by atoms with van der Waals surface area (Å²) in [4.78, 5) is 2.34. The highest BCUT2D eigenvalue weighted by atomic mass is 15.2. The van der Waals surface area contributed by atoms with E-state index in [4.69, 9.17) is 5.26 Å². The van der Waals surface area contributed by atoms with E-state index in [0.717, 1.165) is 32.5 Å². The van der Waals surface area contributed by atoms with Crippen molar-refractivity contribution in [1.82, 2.24) is 10.2 Å². The molecule has 0 radical (unpaired) electrons. The second-order valence-electron chi connectivity index (χ2n) is 3.56. The van der Waals surface area contributed by atoms with Gasteiger partial charge in [-0.2, -0.15) is 5.26 Å². The first kappa shape index (κ1) is 10.5. The summed E-state index contributed by atoms with van der Waals surface area (Å²) in [5, 5.41) is 12.2. The van der Waals surface area contributed by atoms with E-state index in [0.29, 0.717) is 6.04 Å². The molecule has 1 unspecified atom stereocenters. The van der Waals surface area contributed by atoms with Gasteiger partial charge in [0.05, 0.1) is 6.07 Å². The summed E-state index contributed by atoms with van der Waals surface area (Å²) in [7, 11) is 0. The number of piperazine rings is 1. The fraction of sp³-hybridized carbons (Fsp3) is 0.900. The molecule has 0 aliphatic carbocycles. The van der Waals surface area contributed by atoms with Gasteiger partial charge >= 0.3 is 0 Å². The van der Waals surface area contributed by atoms with Crippen LogP contribution in [0.2, 0.25) is 0 Å². The Labute approximate surface area is 80.7 Å². The first-order valence-corrected chi connectivity index (χ1v) is 5.19. The molecule has 3 nitrogen and oxygen atoms in total. The van der Waals surface area contributed by atoms with Crippen molar-refractivity contribution in [3.05, 3.63) is 0 Å². The molecule has 1 saturated heterocycles. The predicted molar refractivity (Wildman–Crippen MR) is 53.3 cm³/mol. The normalized spacial score (nSPS) is 24.6. The number of nitrogens with one attached hydrogen (secondary N) is 1. The Balaban J connectivity index is 2.58. The van der Waals surface area contributed by atoms with Gasteiger partial charge in [0, 0.05) is 25.7 Å². The molecule has 0 bridgehead atoms. The Morgan fingerprint density at radius 2 is 2.23 bits per heavy atom. The molecule has 3 heteroatoms. The molecule has 1 aliphatic rings. The minimum absolute atomic E-state index is 0.0821. The first-order chi connectivity index (χ1) is 6.33. The van der Waals surface area contributed by atoms with Crippen LogP contribution in [0.5, 0.6) is 0 Å². The standard InChI is InChI=1S/C10H19N3/c1-3-9(4-2)13-6-5-12-8-10(13)7-11/h9-10,12H,3-6,8H2,1-2H3. The molecule has 0 aromatic carbocycles. The lowest BCUT2D eigenvalue weighted by Gasteiger charge is -2.37. The van der Waals surface area contributed by atoms with Gasteiger partial charge in [-0.1, -0.05) is 13.8 Å². The van der Waals surface area contributed by atoms with Gasteiger partial charge in [-0.3, -0.25) is 4.90 Å². The Morgan fingerprint density at radius 3 is 2.77 bits per heavy atom. The zero-order chi connectivity index (χ0) is 9.68. The third kappa shape index (κ3) is 2.43. The van der Waals surface area contributed by atoms with Crippen LogP contribution in [0.4, 0.5) is 0 Å². The predicted octanol–water partition coefficient (Wildman–Crippen LogP) is 0.972. The van der Waals surface area contributed by atoms with Crippen LogP contribution in [0.1, 0.15) is 26.7 Å². The molecular weight excluding hydrogens is 162 g/mol. The lowest BCUT2D eigenvalue weighted by Crippen LogP contribution is -2.54. The largest absolute Gasteiger partial charge is 0.313 e. The third-order valence-corrected chi connectivity index (χ3v) is 2.85. The van der Waals surface area contributed by atoms with E-state index < -0.39 is 0 Å². The van der Waals surface area contributed by atoms with Crippen LogP contribution in [0.3, 0.4) is 0 Å². The molecule has 1 aliphatic heterocycles. The van der Waals surface area contributed by atoms with Gasteiger partial charge in [0.15, 0.2) is 0 Å². The number of hydrogen-bond donors (Lipinski definition) is 1. The maximum absolute atomic E-state index is 8.97. The summed E-state index contributed by atoms with van der Waals surface area (Å²) in [5.74, 6) is 0. The molecule has 1 fully saturated rings. The summed E-state index contributed by atoms with van der Waals surface area (Å²) in [5.41, 5.74) is 0. The summed E-state index contributed by atoms with van der Waals surface area (Å²) in [6.45, 7) is 7.27. The lowest BCUT2D eigenvalue weighted by atomic mass is 10.1. The highest BCUT2D eigenvalue weighted by Gasteiger charge is 2.26. The fourth-order valence-electron chi connectivity index (χ4n) is 2.03. The van der Waals surface area contributed by atoms with Gasteiger partial charge in [0.1, 0.15) is 6.04 Å². The molecule has 1 atom stereocenters. The molecule has 1 heterocycles. The second kappa shape index (κ2) is 5.21. The Bertz CT molecular complexity index is 181. The van der Waals surface area contributed by atoms with Crippen molar-refractivity contribution in [3.63, 3.8) is 0 Å². The monoisotopic (exact) mass is 181 g/mol. The molecular formula is C10H19N3. The first-order valence-electron chi connectivity index (χ1n) is 5.19. The van der Waals surface area contributed by atoms with Gasteiger partial charge in [0.25, 0.3) is 0 Å². The van der Waals surface area contributed by atoms with Crippen LogP contribution >= 0.6 is 0 Å². The van der Waals surface area contributed by atoms with Crippen molar-refractivity contribution in [3.8, 4) is 6.07 Å². The van der Waals surface area contributed by atoms with Crippen LogP contribution in [-0.2, 0) is 0 Å². The lowest BCUT2D eigenvalue weighted by molar-refractivity contribution is 0.129. The SMILES string of the molecule is CCC(CC)N1CCNCC1C#N. The number of rotatable bonds is 3. The van der Waals surface area contributed by atoms with Gasteiger partial charge in [-0.25, -0.2) is 0 Å². The highest BCUT2D eigenvalue weighted by Crippen LogP contribution is 2.13. The molecule has 0 aromatic heterocycles. The summed E-state index contributed by atoms with van der Waals surface area (Å²) in [6, 6.07) is 3.04. The van der Waals surface area contributed by atoms with Crippen molar-refractivity contribution in [2.75, 3.05) is 19.6 Å². The molecule has 1 rings (SSSR count). The quantitative estimate of drug-likeness (QED) is 0.705. The average Bonchev–Trinajstić information content (AvgIpc) is 2.20. The number of nitrogens with zero attached hydrogens (tertiary/aromatic N) is 2. The van der Waals surface area contributed by atoms with E-state index in [2.05, 4.69) is 30.1 Å². The van der Waals surface area contributed by atoms with Crippen molar-refractivity contribution in [2.45, 2.75) is 38.8 Å². The summed E-state index contributed by atoms with van der Waals surface area (Å²) < 4.78 is 0. The Hall–Kier alpha value is -0.590. The van der Waals surface area contributed by atoms with Gasteiger partial charge < -0.3 is 5.32 Å². The smallest absolute Gasteiger partial charge is 0.111 e. The fourth-order valence-corrected chi connectivity index (χ4v) is 2.03. The van der Waals surface area contributed by atoms with Crippen LogP contribution in [-0.4, -0.2) is 36.6 Å². The number of hydrogen-bond acceptors (Lipinski definition) is 3. The average molecular weight is 181 g/mol. The van der Waals surface area contributed by atoms with Crippen molar-refractivity contribution < 1.29 is 0 Å². The maximum Gasteiger partial charge on any atom is 0.111 e. The van der Waals surface area contributed by atoms with Crippen molar-refractivity contribution >= 4 is 0 Å². The molecule has 0 spiro atoms. The van der Waals surface area contributed by atoms with Crippen LogP contribution in [0, 0.1) is 11.3 Å². The number of nitriles is 1. The van der Waals surface area contributed by atoms with E-state index in [1.54, 1.807) is 0 Å². The van der Waals surface area contributed by atoms with Crippen LogP contribution < -0.4 is 5.32 Å². The molecule has 0 amide bonds. The summed E-state index contributed by atoms with van der Waals surface area (Å²) >= 11 is 0. The van der Waals surface area contributed by atoms with Gasteiger partial charge in [0.2, 0.25) is 0 Å². The second-order valence-corrected chi connectivity index (χ2v) is 3.56. The van der Waals surface area contributed by atoms with E-state index in [9.17, 15) is 0 Å².